The van der Waals surface area contributed by atoms with Crippen LogP contribution in [-0.2, 0) is 7.05 Å². The summed E-state index contributed by atoms with van der Waals surface area (Å²) < 4.78 is 1.87. The van der Waals surface area contributed by atoms with Crippen molar-refractivity contribution in [1.82, 2.24) is 24.7 Å². The van der Waals surface area contributed by atoms with Gasteiger partial charge in [0.15, 0.2) is 5.16 Å². The summed E-state index contributed by atoms with van der Waals surface area (Å²) in [7, 11) is 3.72. The first-order chi connectivity index (χ1) is 8.78. The molecule has 3 rings (SSSR count). The van der Waals surface area contributed by atoms with Crippen LogP contribution in [0.5, 0.6) is 0 Å². The molecule has 0 saturated carbocycles. The van der Waals surface area contributed by atoms with Crippen LogP contribution in [0.1, 0.15) is 0 Å². The largest absolute Gasteiger partial charge is 0.357 e. The fourth-order valence-corrected chi connectivity index (χ4v) is 3.16. The molecule has 3 heterocycles. The monoisotopic (exact) mass is 278 g/mol. The third kappa shape index (κ3) is 1.93. The van der Waals surface area contributed by atoms with E-state index in [1.807, 2.05) is 30.1 Å². The summed E-state index contributed by atoms with van der Waals surface area (Å²) in [4.78, 5) is 9.85. The second kappa shape index (κ2) is 4.54. The Morgan fingerprint density at radius 2 is 2.28 bits per heavy atom. The second-order valence-corrected chi connectivity index (χ2v) is 5.42. The van der Waals surface area contributed by atoms with Crippen LogP contribution in [0.15, 0.2) is 28.0 Å². The molecule has 0 unspecified atom stereocenters. The van der Waals surface area contributed by atoms with Gasteiger partial charge in [-0.25, -0.2) is 9.97 Å². The van der Waals surface area contributed by atoms with E-state index in [2.05, 4.69) is 25.5 Å². The molecule has 0 radical (unpaired) electrons. The number of aromatic nitrogens is 5. The van der Waals surface area contributed by atoms with Crippen LogP contribution in [0.25, 0.3) is 10.2 Å². The highest BCUT2D eigenvalue weighted by Crippen LogP contribution is 2.32. The average Bonchev–Trinajstić information content (AvgIpc) is 2.98. The number of hydrogen-bond acceptors (Lipinski definition) is 7. The number of thiophene rings is 1. The SMILES string of the molecule is CNc1nc(Sc2nncn2C)c2ccsc2n1. The quantitative estimate of drug-likeness (QED) is 0.739. The van der Waals surface area contributed by atoms with Crippen LogP contribution in [0.4, 0.5) is 5.95 Å². The van der Waals surface area contributed by atoms with Gasteiger partial charge in [0.2, 0.25) is 5.95 Å². The van der Waals surface area contributed by atoms with E-state index in [-0.39, 0.29) is 0 Å². The Bertz CT molecular complexity index is 689. The first-order valence-electron chi connectivity index (χ1n) is 5.23. The maximum absolute atomic E-state index is 4.47. The Morgan fingerprint density at radius 3 is 3.00 bits per heavy atom. The number of rotatable bonds is 3. The molecule has 0 atom stereocenters. The van der Waals surface area contributed by atoms with Crippen LogP contribution >= 0.6 is 23.1 Å². The number of hydrogen-bond donors (Lipinski definition) is 1. The molecule has 0 bridgehead atoms. The lowest BCUT2D eigenvalue weighted by Crippen LogP contribution is -1.98. The van der Waals surface area contributed by atoms with E-state index in [4.69, 9.17) is 0 Å². The lowest BCUT2D eigenvalue weighted by atomic mass is 10.4. The lowest BCUT2D eigenvalue weighted by Gasteiger charge is -2.04. The highest BCUT2D eigenvalue weighted by Gasteiger charge is 2.12. The summed E-state index contributed by atoms with van der Waals surface area (Å²) in [5.74, 6) is 0.620. The van der Waals surface area contributed by atoms with Crippen molar-refractivity contribution in [3.05, 3.63) is 17.8 Å². The third-order valence-corrected chi connectivity index (χ3v) is 4.23. The highest BCUT2D eigenvalue weighted by atomic mass is 32.2. The minimum atomic E-state index is 0.620. The van der Waals surface area contributed by atoms with Crippen molar-refractivity contribution in [3.8, 4) is 0 Å². The summed E-state index contributed by atoms with van der Waals surface area (Å²) in [5, 5.41) is 15.7. The van der Waals surface area contributed by atoms with Crippen LogP contribution in [-0.4, -0.2) is 31.8 Å². The number of aryl methyl sites for hydroxylation is 1. The average molecular weight is 278 g/mol. The van der Waals surface area contributed by atoms with Gasteiger partial charge in [-0.05, 0) is 23.2 Å². The Hall–Kier alpha value is -1.67. The topological polar surface area (TPSA) is 68.5 Å². The standard InChI is InChI=1S/C10H10N6S2/c1-11-9-13-7-6(3-4-17-7)8(14-9)18-10-15-12-5-16(10)2/h3-5H,1-2H3,(H,11,13,14). The van der Waals surface area contributed by atoms with Gasteiger partial charge in [-0.2, -0.15) is 0 Å². The molecule has 0 aromatic carbocycles. The molecule has 0 aliphatic rings. The van der Waals surface area contributed by atoms with E-state index in [1.165, 1.54) is 11.8 Å². The Morgan fingerprint density at radius 1 is 1.39 bits per heavy atom. The van der Waals surface area contributed by atoms with Gasteiger partial charge in [0, 0.05) is 19.5 Å². The van der Waals surface area contributed by atoms with Gasteiger partial charge in [-0.15, -0.1) is 21.5 Å². The molecule has 18 heavy (non-hydrogen) atoms. The van der Waals surface area contributed by atoms with Gasteiger partial charge in [0.05, 0.1) is 0 Å². The first-order valence-corrected chi connectivity index (χ1v) is 6.92. The molecule has 1 N–H and O–H groups in total. The van der Waals surface area contributed by atoms with Gasteiger partial charge in [0.25, 0.3) is 0 Å². The highest BCUT2D eigenvalue weighted by molar-refractivity contribution is 7.99. The van der Waals surface area contributed by atoms with Crippen LogP contribution in [0, 0.1) is 0 Å². The molecule has 0 amide bonds. The minimum absolute atomic E-state index is 0.620. The molecular formula is C10H10N6S2. The fraction of sp³-hybridized carbons (Fsp3) is 0.200. The maximum Gasteiger partial charge on any atom is 0.224 e. The van der Waals surface area contributed by atoms with Gasteiger partial charge >= 0.3 is 0 Å². The Balaban J connectivity index is 2.10. The van der Waals surface area contributed by atoms with Crippen molar-refractivity contribution in [1.29, 1.82) is 0 Å². The molecule has 0 fully saturated rings. The van der Waals surface area contributed by atoms with Crippen molar-refractivity contribution in [2.24, 2.45) is 7.05 Å². The normalized spacial score (nSPS) is 11.0. The van der Waals surface area contributed by atoms with E-state index in [0.29, 0.717) is 5.95 Å². The van der Waals surface area contributed by atoms with E-state index in [0.717, 1.165) is 20.4 Å². The van der Waals surface area contributed by atoms with Crippen molar-refractivity contribution < 1.29 is 0 Å². The van der Waals surface area contributed by atoms with Crippen LogP contribution in [0.2, 0.25) is 0 Å². The maximum atomic E-state index is 4.47. The zero-order valence-electron chi connectivity index (χ0n) is 9.78. The molecule has 0 aliphatic heterocycles. The van der Waals surface area contributed by atoms with Crippen LogP contribution < -0.4 is 5.32 Å². The lowest BCUT2D eigenvalue weighted by molar-refractivity contribution is 0.787. The summed E-state index contributed by atoms with van der Waals surface area (Å²) in [6.45, 7) is 0. The fourth-order valence-electron chi connectivity index (χ4n) is 1.47. The Labute approximate surface area is 111 Å². The minimum Gasteiger partial charge on any atom is -0.357 e. The number of nitrogens with one attached hydrogen (secondary N) is 1. The van der Waals surface area contributed by atoms with E-state index >= 15 is 0 Å². The van der Waals surface area contributed by atoms with Crippen molar-refractivity contribution in [3.63, 3.8) is 0 Å². The zero-order valence-corrected chi connectivity index (χ0v) is 11.4. The number of anilines is 1. The summed E-state index contributed by atoms with van der Waals surface area (Å²) in [6.07, 6.45) is 1.67. The zero-order chi connectivity index (χ0) is 12.5. The number of nitrogens with zero attached hydrogens (tertiary/aromatic N) is 5. The second-order valence-electron chi connectivity index (χ2n) is 3.57. The van der Waals surface area contributed by atoms with Crippen LogP contribution in [0.3, 0.4) is 0 Å². The molecule has 0 spiro atoms. The predicted molar refractivity (Wildman–Crippen MR) is 72.1 cm³/mol. The van der Waals surface area contributed by atoms with Gasteiger partial charge in [-0.1, -0.05) is 0 Å². The van der Waals surface area contributed by atoms with Gasteiger partial charge in [0.1, 0.15) is 16.2 Å². The molecule has 8 heteroatoms. The summed E-state index contributed by atoms with van der Waals surface area (Å²) >= 11 is 3.09. The van der Waals surface area contributed by atoms with Gasteiger partial charge < -0.3 is 9.88 Å². The molecular weight excluding hydrogens is 268 g/mol. The Kier molecular flexibility index (Phi) is 2.88. The molecule has 92 valence electrons. The summed E-state index contributed by atoms with van der Waals surface area (Å²) in [5.41, 5.74) is 0. The van der Waals surface area contributed by atoms with Gasteiger partial charge in [-0.3, -0.25) is 0 Å². The summed E-state index contributed by atoms with van der Waals surface area (Å²) in [6, 6.07) is 2.03. The molecule has 0 aliphatic carbocycles. The van der Waals surface area contributed by atoms with Crippen molar-refractivity contribution in [2.75, 3.05) is 12.4 Å². The van der Waals surface area contributed by atoms with E-state index < -0.39 is 0 Å². The van der Waals surface area contributed by atoms with Crippen molar-refractivity contribution >= 4 is 39.3 Å². The van der Waals surface area contributed by atoms with Crippen molar-refractivity contribution in [2.45, 2.75) is 10.2 Å². The third-order valence-electron chi connectivity index (χ3n) is 2.37. The molecule has 3 aromatic heterocycles. The van der Waals surface area contributed by atoms with E-state index in [1.54, 1.807) is 17.7 Å². The predicted octanol–water partition coefficient (Wildman–Crippen LogP) is 2.01. The molecule has 3 aromatic rings. The molecule has 6 nitrogen and oxygen atoms in total. The molecule has 0 saturated heterocycles. The smallest absolute Gasteiger partial charge is 0.224 e. The first kappa shape index (κ1) is 11.4. The van der Waals surface area contributed by atoms with E-state index in [9.17, 15) is 0 Å². The number of fused-ring (bicyclic) bond motifs is 1.